The molecule has 9 nitrogen and oxygen atoms in total. The molecule has 2 aliphatic rings. The molecule has 2 rings (SSSR count). The van der Waals surface area contributed by atoms with Gasteiger partial charge in [-0.25, -0.2) is 0 Å². The molecule has 2 heterocycles. The molecule has 10 atom stereocenters. The highest BCUT2D eigenvalue weighted by Gasteiger charge is 2.48. The molecule has 1 N–H and O–H groups in total. The van der Waals surface area contributed by atoms with E-state index in [0.717, 1.165) is 12.0 Å². The van der Waals surface area contributed by atoms with E-state index in [1.807, 2.05) is 68.6 Å². The number of rotatable bonds is 6. The van der Waals surface area contributed by atoms with Crippen molar-refractivity contribution < 1.29 is 33.3 Å². The third-order valence-electron chi connectivity index (χ3n) is 9.04. The van der Waals surface area contributed by atoms with Crippen molar-refractivity contribution in [3.8, 4) is 0 Å². The van der Waals surface area contributed by atoms with Crippen LogP contribution in [0.25, 0.3) is 0 Å². The van der Waals surface area contributed by atoms with E-state index in [0.29, 0.717) is 13.0 Å². The molecule has 0 saturated carbocycles. The molecule has 0 radical (unpaired) electrons. The predicted octanol–water partition coefficient (Wildman–Crippen LogP) is 4.17. The first kappa shape index (κ1) is 35.5. The second-order valence-corrected chi connectivity index (χ2v) is 13.4. The normalized spacial score (nSPS) is 41.0. The van der Waals surface area contributed by atoms with Crippen LogP contribution in [0, 0.1) is 23.2 Å². The maximum Gasteiger partial charge on any atom is 0.316 e. The fourth-order valence-corrected chi connectivity index (χ4v) is 6.71. The summed E-state index contributed by atoms with van der Waals surface area (Å²) in [6, 6.07) is 0.0492. The number of hydrogen-bond donors (Lipinski definition) is 1. The van der Waals surface area contributed by atoms with Crippen molar-refractivity contribution >= 4 is 17.5 Å². The number of hydrogen-bond acceptors (Lipinski definition) is 9. The third-order valence-corrected chi connectivity index (χ3v) is 9.04. The molecule has 0 aromatic heterocycles. The van der Waals surface area contributed by atoms with Gasteiger partial charge < -0.3 is 29.2 Å². The van der Waals surface area contributed by atoms with Crippen molar-refractivity contribution in [3.63, 3.8) is 0 Å². The van der Waals surface area contributed by atoms with Crippen molar-refractivity contribution in [1.82, 2.24) is 10.2 Å². The topological polar surface area (TPSA) is 103 Å². The van der Waals surface area contributed by atoms with Gasteiger partial charge in [-0.2, -0.15) is 0 Å². The van der Waals surface area contributed by atoms with Gasteiger partial charge in [0.2, 0.25) is 0 Å². The molecule has 0 aromatic carbocycles. The molecule has 236 valence electrons. The first-order valence-corrected chi connectivity index (χ1v) is 15.1. The second-order valence-electron chi connectivity index (χ2n) is 13.4. The lowest BCUT2D eigenvalue weighted by molar-refractivity contribution is -0.289. The van der Waals surface area contributed by atoms with Crippen LogP contribution in [0.2, 0.25) is 0 Å². The number of carbonyl (C=O) groups excluding carboxylic acids is 3. The fourth-order valence-electron chi connectivity index (χ4n) is 6.71. The van der Waals surface area contributed by atoms with Gasteiger partial charge in [-0.15, -0.1) is 0 Å². The summed E-state index contributed by atoms with van der Waals surface area (Å²) >= 11 is 0. The van der Waals surface area contributed by atoms with Crippen LogP contribution in [0.1, 0.15) is 82.1 Å². The van der Waals surface area contributed by atoms with Gasteiger partial charge in [0.15, 0.2) is 17.9 Å². The van der Waals surface area contributed by atoms with Crippen LogP contribution in [-0.4, -0.2) is 92.5 Å². The number of carbonyl (C=O) groups is 3. The monoisotopic (exact) mass is 580 g/mol. The van der Waals surface area contributed by atoms with Gasteiger partial charge in [0.25, 0.3) is 0 Å². The largest absolute Gasteiger partial charge is 0.458 e. The minimum Gasteiger partial charge on any atom is -0.458 e. The SMILES string of the molecule is CCNC1(C)/C=C(\C)[C@@H](C)OC(=O)[C@H](C)C(=O)[C@H](C)C(OC2O[C@H](C)CC(N(C)C)C2OC)C(C)(C)CC(C)C1=O. The van der Waals surface area contributed by atoms with Crippen molar-refractivity contribution in [3.05, 3.63) is 11.6 Å². The zero-order valence-electron chi connectivity index (χ0n) is 27.7. The first-order chi connectivity index (χ1) is 18.9. The Labute approximate surface area is 248 Å². The second kappa shape index (κ2) is 14.2. The number of esters is 1. The number of cyclic esters (lactones) is 1. The standard InChI is InChI=1S/C32H56N2O7/c1-14-33-32(10)17-18(2)23(7)40-29(37)22(6)25(35)21(5)28(31(8,9)16-19(3)27(32)36)41-30-26(38-13)24(34(11)12)15-20(4)39-30/h17,19-24,26,28,30,33H,14-16H2,1-13H3/b18-17+/t19?,20-,21+,22-,23-,24?,26?,28?,30?,32?/m1/s1. The summed E-state index contributed by atoms with van der Waals surface area (Å²) in [4.78, 5) is 43.1. The van der Waals surface area contributed by atoms with Gasteiger partial charge in [0.1, 0.15) is 18.1 Å². The van der Waals surface area contributed by atoms with E-state index in [1.54, 1.807) is 27.9 Å². The number of ketones is 2. The predicted molar refractivity (Wildman–Crippen MR) is 159 cm³/mol. The van der Waals surface area contributed by atoms with Crippen molar-refractivity contribution in [2.45, 2.75) is 124 Å². The van der Waals surface area contributed by atoms with Crippen molar-refractivity contribution in [2.24, 2.45) is 23.2 Å². The molecule has 0 spiro atoms. The molecule has 9 heteroatoms. The van der Waals surface area contributed by atoms with Crippen molar-refractivity contribution in [2.75, 3.05) is 27.7 Å². The molecular formula is C32H56N2O7. The van der Waals surface area contributed by atoms with E-state index in [4.69, 9.17) is 18.9 Å². The summed E-state index contributed by atoms with van der Waals surface area (Å²) in [7, 11) is 5.64. The highest BCUT2D eigenvalue weighted by molar-refractivity contribution is 6.00. The zero-order valence-corrected chi connectivity index (χ0v) is 27.7. The maximum atomic E-state index is 14.0. The molecule has 1 fully saturated rings. The van der Waals surface area contributed by atoms with Gasteiger partial charge in [-0.1, -0.05) is 40.7 Å². The Balaban J connectivity index is 2.62. The van der Waals surface area contributed by atoms with E-state index < -0.39 is 47.3 Å². The van der Waals surface area contributed by atoms with E-state index in [1.165, 1.54) is 0 Å². The summed E-state index contributed by atoms with van der Waals surface area (Å²) < 4.78 is 24.7. The molecule has 0 aliphatic carbocycles. The Hall–Kier alpha value is -1.65. The first-order valence-electron chi connectivity index (χ1n) is 15.1. The number of nitrogens with zero attached hydrogens (tertiary/aromatic N) is 1. The van der Waals surface area contributed by atoms with E-state index in [9.17, 15) is 14.4 Å². The van der Waals surface area contributed by atoms with Gasteiger partial charge in [-0.05, 0) is 79.1 Å². The molecule has 0 aromatic rings. The van der Waals surface area contributed by atoms with E-state index in [2.05, 4.69) is 10.2 Å². The Morgan fingerprint density at radius 2 is 1.68 bits per heavy atom. The van der Waals surface area contributed by atoms with E-state index >= 15 is 0 Å². The number of nitrogens with one attached hydrogen (secondary N) is 1. The highest BCUT2D eigenvalue weighted by Crippen LogP contribution is 2.40. The van der Waals surface area contributed by atoms with Crippen LogP contribution in [0.5, 0.6) is 0 Å². The average molecular weight is 581 g/mol. The maximum absolute atomic E-state index is 14.0. The van der Waals surface area contributed by atoms with Crippen LogP contribution in [0.15, 0.2) is 11.6 Å². The van der Waals surface area contributed by atoms with Gasteiger partial charge >= 0.3 is 5.97 Å². The highest BCUT2D eigenvalue weighted by atomic mass is 16.7. The molecule has 6 unspecified atom stereocenters. The summed E-state index contributed by atoms with van der Waals surface area (Å²) in [6.45, 7) is 19.4. The Kier molecular flexibility index (Phi) is 12.3. The number of Topliss-reactive ketones (excluding diaryl/α,β-unsaturated/α-hetero) is 2. The smallest absolute Gasteiger partial charge is 0.316 e. The average Bonchev–Trinajstić information content (AvgIpc) is 2.88. The summed E-state index contributed by atoms with van der Waals surface area (Å²) in [5.41, 5.74) is -0.852. The third kappa shape index (κ3) is 8.25. The molecule has 41 heavy (non-hydrogen) atoms. The molecule has 0 bridgehead atoms. The van der Waals surface area contributed by atoms with E-state index in [-0.39, 0.29) is 35.7 Å². The number of likely N-dealkylation sites (N-methyl/N-ethyl adjacent to an activating group) is 2. The minimum absolute atomic E-state index is 0.0263. The molecular weight excluding hydrogens is 524 g/mol. The Morgan fingerprint density at radius 3 is 2.22 bits per heavy atom. The summed E-state index contributed by atoms with van der Waals surface area (Å²) in [6.07, 6.45) is 0.627. The molecule has 1 saturated heterocycles. The van der Waals surface area contributed by atoms with Crippen molar-refractivity contribution in [1.29, 1.82) is 0 Å². The Bertz CT molecular complexity index is 964. The number of methoxy groups -OCH3 is 1. The zero-order chi connectivity index (χ0) is 31.4. The summed E-state index contributed by atoms with van der Waals surface area (Å²) in [5, 5.41) is 3.35. The van der Waals surface area contributed by atoms with Gasteiger partial charge in [0.05, 0.1) is 17.7 Å². The van der Waals surface area contributed by atoms with Crippen LogP contribution >= 0.6 is 0 Å². The van der Waals surface area contributed by atoms with Crippen LogP contribution in [0.3, 0.4) is 0 Å². The quantitative estimate of drug-likeness (QED) is 0.282. The van der Waals surface area contributed by atoms with Crippen LogP contribution < -0.4 is 5.32 Å². The lowest BCUT2D eigenvalue weighted by Gasteiger charge is -2.47. The van der Waals surface area contributed by atoms with Gasteiger partial charge in [0, 0.05) is 25.0 Å². The molecule has 2 aliphatic heterocycles. The Morgan fingerprint density at radius 1 is 1.07 bits per heavy atom. The fraction of sp³-hybridized carbons (Fsp3) is 0.844. The number of ether oxygens (including phenoxy) is 4. The lowest BCUT2D eigenvalue weighted by atomic mass is 9.70. The summed E-state index contributed by atoms with van der Waals surface area (Å²) in [5.74, 6) is -2.85. The lowest BCUT2D eigenvalue weighted by Crippen LogP contribution is -2.58. The molecule has 0 amide bonds. The minimum atomic E-state index is -0.983. The van der Waals surface area contributed by atoms with Crippen LogP contribution in [-0.2, 0) is 33.3 Å². The van der Waals surface area contributed by atoms with Gasteiger partial charge in [-0.3, -0.25) is 14.4 Å². The van der Waals surface area contributed by atoms with Crippen LogP contribution in [0.4, 0.5) is 0 Å².